The molecular formula is C7H5NO2S. The first-order valence-electron chi connectivity index (χ1n) is 2.89. The second-order valence-corrected chi connectivity index (χ2v) is 2.88. The van der Waals surface area contributed by atoms with Crippen LogP contribution < -0.4 is 0 Å². The summed E-state index contributed by atoms with van der Waals surface area (Å²) in [5, 5.41) is 8.45. The number of hydrogen-bond donors (Lipinski definition) is 1. The highest BCUT2D eigenvalue weighted by molar-refractivity contribution is 7.72. The molecule has 1 rings (SSSR count). The van der Waals surface area contributed by atoms with E-state index in [1.165, 1.54) is 12.1 Å². The zero-order valence-electron chi connectivity index (χ0n) is 5.52. The summed E-state index contributed by atoms with van der Waals surface area (Å²) in [6, 6.07) is 7.88. The van der Waals surface area contributed by atoms with Crippen molar-refractivity contribution in [2.24, 2.45) is 0 Å². The molecule has 0 aliphatic heterocycles. The first-order valence-corrected chi connectivity index (χ1v) is 4.07. The SMILES string of the molecule is N#Cc1ccccc1[SH](=O)=O. The molecular weight excluding hydrogens is 162 g/mol. The van der Waals surface area contributed by atoms with Gasteiger partial charge in [0.25, 0.3) is 0 Å². The fourth-order valence-electron chi connectivity index (χ4n) is 0.727. The molecule has 56 valence electrons. The van der Waals surface area contributed by atoms with Gasteiger partial charge in [-0.15, -0.1) is 0 Å². The molecule has 0 aromatic heterocycles. The molecule has 0 saturated carbocycles. The van der Waals surface area contributed by atoms with Gasteiger partial charge < -0.3 is 0 Å². The molecule has 0 radical (unpaired) electrons. The molecule has 0 fully saturated rings. The number of hydrogen-bond acceptors (Lipinski definition) is 3. The highest BCUT2D eigenvalue weighted by Crippen LogP contribution is 2.07. The van der Waals surface area contributed by atoms with E-state index in [0.717, 1.165) is 0 Å². The maximum Gasteiger partial charge on any atom is 0.169 e. The molecule has 0 aliphatic carbocycles. The maximum atomic E-state index is 10.5. The van der Waals surface area contributed by atoms with Crippen molar-refractivity contribution in [3.8, 4) is 6.07 Å². The Labute approximate surface area is 65.8 Å². The molecule has 0 bridgehead atoms. The summed E-state index contributed by atoms with van der Waals surface area (Å²) in [4.78, 5) is 0.0880. The largest absolute Gasteiger partial charge is 0.227 e. The van der Waals surface area contributed by atoms with E-state index in [1.807, 2.05) is 0 Å². The topological polar surface area (TPSA) is 57.9 Å². The Hall–Kier alpha value is -1.34. The minimum Gasteiger partial charge on any atom is -0.227 e. The second-order valence-electron chi connectivity index (χ2n) is 1.89. The van der Waals surface area contributed by atoms with E-state index in [4.69, 9.17) is 5.26 Å². The summed E-state index contributed by atoms with van der Waals surface area (Å²) in [6.07, 6.45) is 0. The molecule has 0 unspecified atom stereocenters. The molecule has 0 saturated heterocycles. The van der Waals surface area contributed by atoms with Gasteiger partial charge in [0.1, 0.15) is 6.07 Å². The van der Waals surface area contributed by atoms with Crippen molar-refractivity contribution in [1.82, 2.24) is 0 Å². The molecule has 1 aromatic rings. The number of nitrogens with zero attached hydrogens (tertiary/aromatic N) is 1. The summed E-state index contributed by atoms with van der Waals surface area (Å²) in [7, 11) is -2.64. The number of benzene rings is 1. The molecule has 0 atom stereocenters. The van der Waals surface area contributed by atoms with Gasteiger partial charge in [-0.2, -0.15) is 5.26 Å². The van der Waals surface area contributed by atoms with Crippen LogP contribution in [0.15, 0.2) is 29.2 Å². The number of nitriles is 1. The Kier molecular flexibility index (Phi) is 2.24. The lowest BCUT2D eigenvalue weighted by atomic mass is 10.2. The summed E-state index contributed by atoms with van der Waals surface area (Å²) in [5.74, 6) is 0. The van der Waals surface area contributed by atoms with Crippen LogP contribution in [-0.4, -0.2) is 8.42 Å². The molecule has 0 N–H and O–H groups in total. The van der Waals surface area contributed by atoms with Crippen LogP contribution >= 0.6 is 0 Å². The first-order chi connectivity index (χ1) is 5.25. The summed E-state index contributed by atoms with van der Waals surface area (Å²) < 4.78 is 20.9. The highest BCUT2D eigenvalue weighted by atomic mass is 32.2. The van der Waals surface area contributed by atoms with Crippen molar-refractivity contribution >= 4 is 10.7 Å². The predicted octanol–water partition coefficient (Wildman–Crippen LogP) is 0.529. The van der Waals surface area contributed by atoms with Crippen LogP contribution in [0.5, 0.6) is 0 Å². The van der Waals surface area contributed by atoms with Gasteiger partial charge in [-0.25, -0.2) is 8.42 Å². The van der Waals surface area contributed by atoms with Crippen LogP contribution in [0.25, 0.3) is 0 Å². The van der Waals surface area contributed by atoms with Crippen LogP contribution in [0.2, 0.25) is 0 Å². The lowest BCUT2D eigenvalue weighted by Crippen LogP contribution is -1.84. The molecule has 1 aromatic carbocycles. The standard InChI is InChI=1S/C7H5NO2S/c8-5-6-3-1-2-4-7(6)11(9)10/h1-4,11H. The van der Waals surface area contributed by atoms with Crippen LogP contribution in [0.4, 0.5) is 0 Å². The maximum absolute atomic E-state index is 10.5. The van der Waals surface area contributed by atoms with Crippen molar-refractivity contribution in [2.45, 2.75) is 4.90 Å². The lowest BCUT2D eigenvalue weighted by molar-refractivity contribution is 0.614. The average Bonchev–Trinajstić information content (AvgIpc) is 2.04. The number of rotatable bonds is 1. The van der Waals surface area contributed by atoms with Crippen LogP contribution in [0.3, 0.4) is 0 Å². The quantitative estimate of drug-likeness (QED) is 0.620. The van der Waals surface area contributed by atoms with Gasteiger partial charge in [0.2, 0.25) is 0 Å². The zero-order valence-corrected chi connectivity index (χ0v) is 6.41. The van der Waals surface area contributed by atoms with Crippen molar-refractivity contribution in [1.29, 1.82) is 5.26 Å². The normalized spacial score (nSPS) is 9.45. The van der Waals surface area contributed by atoms with Crippen molar-refractivity contribution in [2.75, 3.05) is 0 Å². The lowest BCUT2D eigenvalue weighted by Gasteiger charge is -1.90. The van der Waals surface area contributed by atoms with Gasteiger partial charge in [-0.05, 0) is 12.1 Å². The second kappa shape index (κ2) is 3.17. The minimum atomic E-state index is -2.64. The summed E-state index contributed by atoms with van der Waals surface area (Å²) >= 11 is 0. The van der Waals surface area contributed by atoms with E-state index in [0.29, 0.717) is 0 Å². The Morgan fingerprint density at radius 2 is 1.91 bits per heavy atom. The Morgan fingerprint density at radius 3 is 2.36 bits per heavy atom. The smallest absolute Gasteiger partial charge is 0.169 e. The predicted molar refractivity (Wildman–Crippen MR) is 39.7 cm³/mol. The molecule has 4 heteroatoms. The minimum absolute atomic E-state index is 0.0880. The highest BCUT2D eigenvalue weighted by Gasteiger charge is 2.00. The molecule has 0 amide bonds. The van der Waals surface area contributed by atoms with Crippen molar-refractivity contribution in [3.05, 3.63) is 29.8 Å². The van der Waals surface area contributed by atoms with Gasteiger partial charge in [0.15, 0.2) is 10.7 Å². The van der Waals surface area contributed by atoms with Gasteiger partial charge in [-0.3, -0.25) is 0 Å². The molecule has 0 spiro atoms. The van der Waals surface area contributed by atoms with E-state index in [1.54, 1.807) is 18.2 Å². The van der Waals surface area contributed by atoms with Gasteiger partial charge in [0.05, 0.1) is 10.5 Å². The monoisotopic (exact) mass is 167 g/mol. The summed E-state index contributed by atoms with van der Waals surface area (Å²) in [6.45, 7) is 0. The Morgan fingerprint density at radius 1 is 1.27 bits per heavy atom. The van der Waals surface area contributed by atoms with Crippen LogP contribution in [-0.2, 0) is 10.7 Å². The molecule has 0 heterocycles. The fraction of sp³-hybridized carbons (Fsp3) is 0. The molecule has 11 heavy (non-hydrogen) atoms. The van der Waals surface area contributed by atoms with Gasteiger partial charge >= 0.3 is 0 Å². The van der Waals surface area contributed by atoms with Gasteiger partial charge in [-0.1, -0.05) is 12.1 Å². The van der Waals surface area contributed by atoms with Crippen LogP contribution in [0.1, 0.15) is 5.56 Å². The molecule has 3 nitrogen and oxygen atoms in total. The first kappa shape index (κ1) is 7.76. The van der Waals surface area contributed by atoms with E-state index >= 15 is 0 Å². The summed E-state index contributed by atoms with van der Waals surface area (Å²) in [5.41, 5.74) is 0.198. The average molecular weight is 167 g/mol. The van der Waals surface area contributed by atoms with Gasteiger partial charge in [0, 0.05) is 0 Å². The van der Waals surface area contributed by atoms with Crippen molar-refractivity contribution in [3.63, 3.8) is 0 Å². The van der Waals surface area contributed by atoms with E-state index in [9.17, 15) is 8.42 Å². The Bertz CT molecular complexity index is 368. The third-order valence-corrected chi connectivity index (χ3v) is 2.00. The zero-order chi connectivity index (χ0) is 8.27. The molecule has 0 aliphatic rings. The third kappa shape index (κ3) is 1.57. The van der Waals surface area contributed by atoms with E-state index < -0.39 is 10.7 Å². The third-order valence-electron chi connectivity index (χ3n) is 1.22. The number of thiol groups is 1. The van der Waals surface area contributed by atoms with E-state index in [-0.39, 0.29) is 10.5 Å². The fourth-order valence-corrected chi connectivity index (χ4v) is 1.26. The van der Waals surface area contributed by atoms with E-state index in [2.05, 4.69) is 0 Å². The van der Waals surface area contributed by atoms with Crippen molar-refractivity contribution < 1.29 is 8.42 Å². The Balaban J connectivity index is 3.38. The van der Waals surface area contributed by atoms with Crippen LogP contribution in [0, 0.1) is 11.3 Å².